The van der Waals surface area contributed by atoms with Gasteiger partial charge in [0.1, 0.15) is 5.60 Å². The Hall–Kier alpha value is -0.980. The van der Waals surface area contributed by atoms with Crippen molar-refractivity contribution in [3.8, 4) is 0 Å². The molecule has 106 valence electrons. The van der Waals surface area contributed by atoms with Crippen LogP contribution in [0.5, 0.6) is 0 Å². The predicted octanol–water partition coefficient (Wildman–Crippen LogP) is 1.91. The van der Waals surface area contributed by atoms with Crippen LogP contribution in [0.15, 0.2) is 0 Å². The van der Waals surface area contributed by atoms with Crippen molar-refractivity contribution in [2.75, 3.05) is 19.6 Å². The smallest absolute Gasteiger partial charge is 0.407 e. The molecule has 2 unspecified atom stereocenters. The molecule has 0 aliphatic carbocycles. The molecule has 0 aromatic carbocycles. The van der Waals surface area contributed by atoms with E-state index in [0.717, 1.165) is 0 Å². The molecule has 1 heterocycles. The molecule has 1 aliphatic rings. The third kappa shape index (κ3) is 4.72. The van der Waals surface area contributed by atoms with Gasteiger partial charge < -0.3 is 15.4 Å². The zero-order chi connectivity index (χ0) is 14.0. The molecule has 1 aliphatic heterocycles. The molecule has 1 rings (SSSR count). The fourth-order valence-corrected chi connectivity index (χ4v) is 1.86. The number of carbonyl (C=O) groups is 1. The Labute approximate surface area is 104 Å². The van der Waals surface area contributed by atoms with Crippen molar-refractivity contribution >= 4 is 6.09 Å². The Morgan fingerprint density at radius 1 is 1.33 bits per heavy atom. The van der Waals surface area contributed by atoms with Crippen molar-refractivity contribution in [3.63, 3.8) is 0 Å². The lowest BCUT2D eigenvalue weighted by molar-refractivity contribution is -0.178. The summed E-state index contributed by atoms with van der Waals surface area (Å²) >= 11 is 0. The van der Waals surface area contributed by atoms with E-state index in [4.69, 9.17) is 4.74 Å². The maximum absolute atomic E-state index is 12.6. The largest absolute Gasteiger partial charge is 0.444 e. The van der Waals surface area contributed by atoms with Crippen molar-refractivity contribution < 1.29 is 22.7 Å². The molecule has 2 atom stereocenters. The summed E-state index contributed by atoms with van der Waals surface area (Å²) < 4.78 is 42.8. The highest BCUT2D eigenvalue weighted by atomic mass is 19.4. The summed E-state index contributed by atoms with van der Waals surface area (Å²) in [5.41, 5.74) is -0.651. The van der Waals surface area contributed by atoms with Gasteiger partial charge in [0.2, 0.25) is 0 Å². The molecule has 1 amide bonds. The van der Waals surface area contributed by atoms with Crippen molar-refractivity contribution in [1.82, 2.24) is 10.6 Å². The summed E-state index contributed by atoms with van der Waals surface area (Å²) in [6.45, 7) is 5.21. The number of amides is 1. The summed E-state index contributed by atoms with van der Waals surface area (Å²) in [5, 5.41) is 5.07. The van der Waals surface area contributed by atoms with Gasteiger partial charge in [-0.3, -0.25) is 0 Å². The first-order chi connectivity index (χ1) is 8.09. The number of carbonyl (C=O) groups excluding carboxylic acids is 1. The Bertz CT molecular complexity index is 300. The zero-order valence-electron chi connectivity index (χ0n) is 10.7. The van der Waals surface area contributed by atoms with Crippen molar-refractivity contribution in [2.45, 2.75) is 32.5 Å². The van der Waals surface area contributed by atoms with Crippen LogP contribution >= 0.6 is 0 Å². The number of rotatable bonds is 2. The topological polar surface area (TPSA) is 50.4 Å². The lowest BCUT2D eigenvalue weighted by Crippen LogP contribution is -2.39. The first-order valence-electron chi connectivity index (χ1n) is 5.84. The first kappa shape index (κ1) is 15.1. The summed E-state index contributed by atoms with van der Waals surface area (Å²) in [4.78, 5) is 11.3. The molecule has 0 aromatic rings. The van der Waals surface area contributed by atoms with Gasteiger partial charge in [0.15, 0.2) is 0 Å². The summed E-state index contributed by atoms with van der Waals surface area (Å²) in [6, 6.07) is 0. The van der Waals surface area contributed by atoms with E-state index in [1.165, 1.54) is 0 Å². The van der Waals surface area contributed by atoms with Crippen LogP contribution in [0.25, 0.3) is 0 Å². The van der Waals surface area contributed by atoms with E-state index in [-0.39, 0.29) is 19.6 Å². The minimum absolute atomic E-state index is 0.0356. The van der Waals surface area contributed by atoms with Crippen LogP contribution < -0.4 is 10.6 Å². The molecular weight excluding hydrogens is 249 g/mol. The van der Waals surface area contributed by atoms with Gasteiger partial charge in [0, 0.05) is 25.6 Å². The van der Waals surface area contributed by atoms with Gasteiger partial charge in [-0.15, -0.1) is 0 Å². The molecule has 0 spiro atoms. The maximum Gasteiger partial charge on any atom is 0.407 e. The van der Waals surface area contributed by atoms with Crippen LogP contribution in [0.4, 0.5) is 18.0 Å². The zero-order valence-corrected chi connectivity index (χ0v) is 10.7. The van der Waals surface area contributed by atoms with Gasteiger partial charge in [0.25, 0.3) is 0 Å². The molecule has 0 radical (unpaired) electrons. The van der Waals surface area contributed by atoms with Crippen LogP contribution in [0.1, 0.15) is 20.8 Å². The van der Waals surface area contributed by atoms with Crippen LogP contribution in [0.3, 0.4) is 0 Å². The number of nitrogens with one attached hydrogen (secondary N) is 2. The number of alkyl carbamates (subject to hydrolysis) is 1. The van der Waals surface area contributed by atoms with Gasteiger partial charge in [-0.1, -0.05) is 0 Å². The number of hydrogen-bond donors (Lipinski definition) is 2. The Balaban J connectivity index is 2.41. The highest BCUT2D eigenvalue weighted by Gasteiger charge is 2.47. The van der Waals surface area contributed by atoms with Crippen molar-refractivity contribution in [2.24, 2.45) is 11.8 Å². The molecule has 7 heteroatoms. The summed E-state index contributed by atoms with van der Waals surface area (Å²) in [7, 11) is 0. The number of alkyl halides is 3. The average molecular weight is 268 g/mol. The van der Waals surface area contributed by atoms with Crippen LogP contribution in [0.2, 0.25) is 0 Å². The minimum atomic E-state index is -4.23. The molecule has 0 bridgehead atoms. The average Bonchev–Trinajstić information content (AvgIpc) is 2.58. The van der Waals surface area contributed by atoms with E-state index in [9.17, 15) is 18.0 Å². The lowest BCUT2D eigenvalue weighted by Gasteiger charge is -2.23. The summed E-state index contributed by atoms with van der Waals surface area (Å²) in [5.74, 6) is -2.05. The molecule has 0 saturated carbocycles. The lowest BCUT2D eigenvalue weighted by atomic mass is 9.95. The molecular formula is C11H19F3N2O2. The fraction of sp³-hybridized carbons (Fsp3) is 0.909. The third-order valence-electron chi connectivity index (χ3n) is 2.67. The third-order valence-corrected chi connectivity index (χ3v) is 2.67. The van der Waals surface area contributed by atoms with Crippen LogP contribution in [-0.2, 0) is 4.74 Å². The molecule has 18 heavy (non-hydrogen) atoms. The quantitative estimate of drug-likeness (QED) is 0.804. The van der Waals surface area contributed by atoms with Crippen molar-refractivity contribution in [1.29, 1.82) is 0 Å². The summed E-state index contributed by atoms with van der Waals surface area (Å²) in [6.07, 6.45) is -4.92. The highest BCUT2D eigenvalue weighted by molar-refractivity contribution is 5.67. The van der Waals surface area contributed by atoms with Crippen LogP contribution in [-0.4, -0.2) is 37.5 Å². The van der Waals surface area contributed by atoms with E-state index in [0.29, 0.717) is 0 Å². The van der Waals surface area contributed by atoms with Gasteiger partial charge in [-0.2, -0.15) is 13.2 Å². The van der Waals surface area contributed by atoms with E-state index in [2.05, 4.69) is 10.6 Å². The Morgan fingerprint density at radius 2 is 1.94 bits per heavy atom. The predicted molar refractivity (Wildman–Crippen MR) is 60.1 cm³/mol. The highest BCUT2D eigenvalue weighted by Crippen LogP contribution is 2.33. The number of hydrogen-bond acceptors (Lipinski definition) is 3. The number of halogens is 3. The number of ether oxygens (including phenoxy) is 1. The molecule has 1 saturated heterocycles. The second kappa shape index (κ2) is 5.34. The Kier molecular flexibility index (Phi) is 4.47. The monoisotopic (exact) mass is 268 g/mol. The SMILES string of the molecule is CC(C)(C)OC(=O)NCC1CNCC1C(F)(F)F. The van der Waals surface area contributed by atoms with Gasteiger partial charge in [0.05, 0.1) is 5.92 Å². The van der Waals surface area contributed by atoms with E-state index < -0.39 is 29.7 Å². The molecule has 1 fully saturated rings. The second-order valence-electron chi connectivity index (χ2n) is 5.45. The van der Waals surface area contributed by atoms with E-state index in [1.807, 2.05) is 0 Å². The van der Waals surface area contributed by atoms with E-state index >= 15 is 0 Å². The van der Waals surface area contributed by atoms with Gasteiger partial charge >= 0.3 is 12.3 Å². The first-order valence-corrected chi connectivity index (χ1v) is 5.84. The van der Waals surface area contributed by atoms with Crippen molar-refractivity contribution in [3.05, 3.63) is 0 Å². The van der Waals surface area contributed by atoms with E-state index in [1.54, 1.807) is 20.8 Å². The van der Waals surface area contributed by atoms with Gasteiger partial charge in [-0.05, 0) is 20.8 Å². The minimum Gasteiger partial charge on any atom is -0.444 e. The van der Waals surface area contributed by atoms with Crippen LogP contribution in [0, 0.1) is 11.8 Å². The van der Waals surface area contributed by atoms with Gasteiger partial charge in [-0.25, -0.2) is 4.79 Å². The second-order valence-corrected chi connectivity index (χ2v) is 5.45. The molecule has 4 nitrogen and oxygen atoms in total. The standard InChI is InChI=1S/C11H19F3N2O2/c1-10(2,3)18-9(17)16-5-7-4-15-6-8(7)11(12,13)14/h7-8,15H,4-6H2,1-3H3,(H,16,17). The molecule has 0 aromatic heterocycles. The Morgan fingerprint density at radius 3 is 2.44 bits per heavy atom. The maximum atomic E-state index is 12.6. The molecule has 2 N–H and O–H groups in total. The fourth-order valence-electron chi connectivity index (χ4n) is 1.86. The normalized spacial score (nSPS) is 25.0.